The second-order valence-corrected chi connectivity index (χ2v) is 9.41. The molecule has 5 heteroatoms. The zero-order chi connectivity index (χ0) is 21.8. The number of aromatic nitrogens is 2. The van der Waals surface area contributed by atoms with Gasteiger partial charge in [0.1, 0.15) is 0 Å². The van der Waals surface area contributed by atoms with Crippen LogP contribution in [0.5, 0.6) is 0 Å². The summed E-state index contributed by atoms with van der Waals surface area (Å²) in [5.41, 5.74) is 6.18. The first-order valence-electron chi connectivity index (χ1n) is 11.0. The summed E-state index contributed by atoms with van der Waals surface area (Å²) in [4.78, 5) is 9.80. The van der Waals surface area contributed by atoms with E-state index in [4.69, 9.17) is 9.47 Å². The minimum absolute atomic E-state index is 0.0187. The van der Waals surface area contributed by atoms with Crippen LogP contribution in [0.15, 0.2) is 61.1 Å². The second kappa shape index (κ2) is 9.35. The van der Waals surface area contributed by atoms with Gasteiger partial charge in [-0.25, -0.2) is 4.98 Å². The lowest BCUT2D eigenvalue weighted by Crippen LogP contribution is -2.46. The average molecular weight is 420 g/mol. The van der Waals surface area contributed by atoms with Crippen molar-refractivity contribution in [3.63, 3.8) is 0 Å². The number of nitrogens with one attached hydrogen (secondary N) is 1. The molecule has 4 rings (SSSR count). The molecular formula is C26H33N3O2. The lowest BCUT2D eigenvalue weighted by atomic mass is 9.85. The van der Waals surface area contributed by atoms with Crippen LogP contribution in [0.1, 0.15) is 54.8 Å². The van der Waals surface area contributed by atoms with Gasteiger partial charge >= 0.3 is 0 Å². The number of imidazole rings is 1. The summed E-state index contributed by atoms with van der Waals surface area (Å²) in [6, 6.07) is 17.2. The molecule has 0 aliphatic carbocycles. The number of nitrogens with zero attached hydrogens (tertiary/aromatic N) is 2. The first kappa shape index (κ1) is 21.8. The van der Waals surface area contributed by atoms with Gasteiger partial charge in [-0.1, -0.05) is 74.9 Å². The monoisotopic (exact) mass is 419 g/mol. The number of aromatic amines is 1. The van der Waals surface area contributed by atoms with Crippen molar-refractivity contribution in [2.24, 2.45) is 0 Å². The Labute approximate surface area is 185 Å². The van der Waals surface area contributed by atoms with Gasteiger partial charge in [-0.3, -0.25) is 4.90 Å². The quantitative estimate of drug-likeness (QED) is 0.602. The molecule has 1 aromatic heterocycles. The van der Waals surface area contributed by atoms with Crippen molar-refractivity contribution in [1.82, 2.24) is 14.9 Å². The number of rotatable bonds is 6. The molecule has 5 nitrogen and oxygen atoms in total. The Morgan fingerprint density at radius 2 is 1.97 bits per heavy atom. The molecule has 2 atom stereocenters. The summed E-state index contributed by atoms with van der Waals surface area (Å²) >= 11 is 0. The molecule has 1 N–H and O–H groups in total. The summed E-state index contributed by atoms with van der Waals surface area (Å²) in [5.74, 6) is 0. The summed E-state index contributed by atoms with van der Waals surface area (Å²) in [7, 11) is 0. The van der Waals surface area contributed by atoms with E-state index in [1.807, 2.05) is 12.3 Å². The first-order valence-corrected chi connectivity index (χ1v) is 11.0. The van der Waals surface area contributed by atoms with Crippen molar-refractivity contribution < 1.29 is 9.47 Å². The normalized spacial score (nSPS) is 20.1. The average Bonchev–Trinajstić information content (AvgIpc) is 3.25. The fourth-order valence-corrected chi connectivity index (χ4v) is 4.17. The van der Waals surface area contributed by atoms with Crippen LogP contribution in [0, 0.1) is 6.92 Å². The number of hydrogen-bond donors (Lipinski definition) is 1. The SMILES string of the molecule is Cc1cc(COC2OCCN(Cc3cnc[nH]3)C2c2ccccc2)cc(C(C)(C)C)c1. The van der Waals surface area contributed by atoms with Gasteiger partial charge in [-0.15, -0.1) is 0 Å². The smallest absolute Gasteiger partial charge is 0.177 e. The maximum absolute atomic E-state index is 6.42. The maximum Gasteiger partial charge on any atom is 0.177 e. The van der Waals surface area contributed by atoms with E-state index in [2.05, 4.69) is 85.0 Å². The van der Waals surface area contributed by atoms with Gasteiger partial charge in [0, 0.05) is 25.0 Å². The van der Waals surface area contributed by atoms with Gasteiger partial charge in [0.2, 0.25) is 0 Å². The van der Waals surface area contributed by atoms with Crippen molar-refractivity contribution in [2.45, 2.75) is 58.6 Å². The van der Waals surface area contributed by atoms with Gasteiger partial charge < -0.3 is 14.5 Å². The molecule has 0 spiro atoms. The molecule has 31 heavy (non-hydrogen) atoms. The molecule has 0 saturated carbocycles. The first-order chi connectivity index (χ1) is 14.9. The molecule has 0 radical (unpaired) electrons. The van der Waals surface area contributed by atoms with E-state index < -0.39 is 0 Å². The van der Waals surface area contributed by atoms with Crippen molar-refractivity contribution in [3.05, 3.63) is 89.0 Å². The van der Waals surface area contributed by atoms with E-state index in [0.717, 1.165) is 18.8 Å². The van der Waals surface area contributed by atoms with Gasteiger partial charge in [0.05, 0.1) is 25.6 Å². The second-order valence-electron chi connectivity index (χ2n) is 9.41. The molecule has 1 aliphatic heterocycles. The maximum atomic E-state index is 6.42. The Kier molecular flexibility index (Phi) is 6.56. The zero-order valence-corrected chi connectivity index (χ0v) is 19.0. The molecule has 2 unspecified atom stereocenters. The molecule has 164 valence electrons. The fourth-order valence-electron chi connectivity index (χ4n) is 4.17. The predicted molar refractivity (Wildman–Crippen MR) is 123 cm³/mol. The Morgan fingerprint density at radius 1 is 1.16 bits per heavy atom. The van der Waals surface area contributed by atoms with E-state index >= 15 is 0 Å². The minimum atomic E-state index is -0.335. The number of H-pyrrole nitrogens is 1. The third-order valence-electron chi connectivity index (χ3n) is 5.80. The molecule has 3 aromatic rings. The van der Waals surface area contributed by atoms with Gasteiger partial charge in [-0.2, -0.15) is 0 Å². The molecule has 2 aromatic carbocycles. The van der Waals surface area contributed by atoms with Crippen LogP contribution in [0.2, 0.25) is 0 Å². The zero-order valence-electron chi connectivity index (χ0n) is 19.0. The van der Waals surface area contributed by atoms with E-state index in [9.17, 15) is 0 Å². The third kappa shape index (κ3) is 5.42. The molecule has 0 amide bonds. The number of morpholine rings is 1. The number of aryl methyl sites for hydroxylation is 1. The van der Waals surface area contributed by atoms with Crippen LogP contribution in [0.3, 0.4) is 0 Å². The van der Waals surface area contributed by atoms with Gasteiger partial charge in [0.15, 0.2) is 6.29 Å². The number of hydrogen-bond acceptors (Lipinski definition) is 4. The highest BCUT2D eigenvalue weighted by molar-refractivity contribution is 5.33. The lowest BCUT2D eigenvalue weighted by Gasteiger charge is -2.41. The van der Waals surface area contributed by atoms with Crippen LogP contribution in [-0.2, 0) is 28.0 Å². The fraction of sp³-hybridized carbons (Fsp3) is 0.423. The highest BCUT2D eigenvalue weighted by Gasteiger charge is 2.34. The molecule has 1 saturated heterocycles. The van der Waals surface area contributed by atoms with Crippen molar-refractivity contribution >= 4 is 0 Å². The van der Waals surface area contributed by atoms with Crippen LogP contribution in [-0.4, -0.2) is 34.3 Å². The topological polar surface area (TPSA) is 50.4 Å². The Hall–Kier alpha value is -2.47. The highest BCUT2D eigenvalue weighted by Crippen LogP contribution is 2.32. The predicted octanol–water partition coefficient (Wildman–Crippen LogP) is 5.13. The van der Waals surface area contributed by atoms with E-state index in [1.165, 1.54) is 22.3 Å². The summed E-state index contributed by atoms with van der Waals surface area (Å²) < 4.78 is 12.6. The van der Waals surface area contributed by atoms with Crippen molar-refractivity contribution in [2.75, 3.05) is 13.2 Å². The molecule has 0 bridgehead atoms. The summed E-state index contributed by atoms with van der Waals surface area (Å²) in [6.07, 6.45) is 3.28. The van der Waals surface area contributed by atoms with Crippen molar-refractivity contribution in [3.8, 4) is 0 Å². The van der Waals surface area contributed by atoms with Crippen LogP contribution < -0.4 is 0 Å². The van der Waals surface area contributed by atoms with E-state index in [0.29, 0.717) is 13.2 Å². The molecule has 2 heterocycles. The molecule has 1 fully saturated rings. The Balaban J connectivity index is 1.55. The Morgan fingerprint density at radius 3 is 2.68 bits per heavy atom. The molecular weight excluding hydrogens is 386 g/mol. The Bertz CT molecular complexity index is 964. The number of ether oxygens (including phenoxy) is 2. The lowest BCUT2D eigenvalue weighted by molar-refractivity contribution is -0.218. The van der Waals surface area contributed by atoms with Crippen LogP contribution in [0.25, 0.3) is 0 Å². The van der Waals surface area contributed by atoms with E-state index in [-0.39, 0.29) is 17.7 Å². The van der Waals surface area contributed by atoms with Gasteiger partial charge in [0.25, 0.3) is 0 Å². The van der Waals surface area contributed by atoms with E-state index in [1.54, 1.807) is 6.33 Å². The summed E-state index contributed by atoms with van der Waals surface area (Å²) in [6.45, 7) is 11.7. The van der Waals surface area contributed by atoms with Crippen LogP contribution in [0.4, 0.5) is 0 Å². The third-order valence-corrected chi connectivity index (χ3v) is 5.80. The van der Waals surface area contributed by atoms with Crippen molar-refractivity contribution in [1.29, 1.82) is 0 Å². The molecule has 1 aliphatic rings. The highest BCUT2D eigenvalue weighted by atomic mass is 16.7. The standard InChI is InChI=1S/C26H33N3O2/c1-19-12-20(14-22(13-19)26(2,3)4)17-31-25-24(21-8-6-5-7-9-21)29(10-11-30-25)16-23-15-27-18-28-23/h5-9,12-15,18,24-25H,10-11,16-17H2,1-4H3,(H,27,28). The number of benzene rings is 2. The van der Waals surface area contributed by atoms with Gasteiger partial charge in [-0.05, 0) is 29.0 Å². The largest absolute Gasteiger partial charge is 0.349 e. The van der Waals surface area contributed by atoms with Crippen LogP contribution >= 0.6 is 0 Å². The minimum Gasteiger partial charge on any atom is -0.349 e. The summed E-state index contributed by atoms with van der Waals surface area (Å²) in [5, 5.41) is 0.